The third-order valence-electron chi connectivity index (χ3n) is 5.14. The predicted molar refractivity (Wildman–Crippen MR) is 126 cm³/mol. The van der Waals surface area contributed by atoms with E-state index in [2.05, 4.69) is 10.3 Å². The molecule has 4 rings (SSSR count). The van der Waals surface area contributed by atoms with E-state index in [0.29, 0.717) is 41.3 Å². The van der Waals surface area contributed by atoms with Crippen LogP contribution in [-0.2, 0) is 22.6 Å². The van der Waals surface area contributed by atoms with Crippen molar-refractivity contribution in [1.82, 2.24) is 14.1 Å². The van der Waals surface area contributed by atoms with Crippen LogP contribution < -0.4 is 10.9 Å². The summed E-state index contributed by atoms with van der Waals surface area (Å²) in [4.78, 5) is 30.7. The van der Waals surface area contributed by atoms with E-state index in [1.54, 1.807) is 53.0 Å². The van der Waals surface area contributed by atoms with Crippen LogP contribution >= 0.6 is 11.6 Å². The standard InChI is InChI=1S/C24H23ClN4O3/c1-32-13-7-12-28-16-26-22-18(17-8-3-2-4-9-17)14-29(23(22)24(28)31)15-21(30)27-20-11-6-5-10-19(20)25/h2-6,8-11,14,16H,7,12-13,15H2,1H3,(H,27,30). The van der Waals surface area contributed by atoms with Gasteiger partial charge in [0, 0.05) is 32.0 Å². The highest BCUT2D eigenvalue weighted by Gasteiger charge is 2.18. The summed E-state index contributed by atoms with van der Waals surface area (Å²) in [6, 6.07) is 16.7. The van der Waals surface area contributed by atoms with Crippen molar-refractivity contribution >= 4 is 34.2 Å². The average molecular weight is 451 g/mol. The number of anilines is 1. The van der Waals surface area contributed by atoms with Gasteiger partial charge in [-0.2, -0.15) is 0 Å². The number of halogens is 1. The maximum Gasteiger partial charge on any atom is 0.277 e. The van der Waals surface area contributed by atoms with Crippen LogP contribution in [0.25, 0.3) is 22.2 Å². The Kier molecular flexibility index (Phi) is 6.68. The molecule has 1 N–H and O–H groups in total. The van der Waals surface area contributed by atoms with Crippen molar-refractivity contribution < 1.29 is 9.53 Å². The van der Waals surface area contributed by atoms with Crippen LogP contribution in [0, 0.1) is 0 Å². The molecule has 0 aliphatic heterocycles. The monoisotopic (exact) mass is 450 g/mol. The summed E-state index contributed by atoms with van der Waals surface area (Å²) in [6.07, 6.45) is 4.05. The molecular weight excluding hydrogens is 428 g/mol. The zero-order valence-electron chi connectivity index (χ0n) is 17.6. The van der Waals surface area contributed by atoms with E-state index in [0.717, 1.165) is 11.1 Å². The molecule has 4 aromatic rings. The van der Waals surface area contributed by atoms with Gasteiger partial charge < -0.3 is 14.6 Å². The van der Waals surface area contributed by atoms with E-state index in [9.17, 15) is 9.59 Å². The van der Waals surface area contributed by atoms with E-state index in [1.807, 2.05) is 30.3 Å². The second-order valence-electron chi connectivity index (χ2n) is 7.35. The van der Waals surface area contributed by atoms with E-state index in [-0.39, 0.29) is 18.0 Å². The number of amides is 1. The van der Waals surface area contributed by atoms with Gasteiger partial charge in [0.05, 0.1) is 17.0 Å². The van der Waals surface area contributed by atoms with E-state index in [4.69, 9.17) is 16.3 Å². The Morgan fingerprint density at radius 1 is 1.09 bits per heavy atom. The van der Waals surface area contributed by atoms with Gasteiger partial charge in [-0.15, -0.1) is 0 Å². The van der Waals surface area contributed by atoms with Crippen LogP contribution in [0.3, 0.4) is 0 Å². The fourth-order valence-corrected chi connectivity index (χ4v) is 3.80. The van der Waals surface area contributed by atoms with E-state index in [1.165, 1.54) is 0 Å². The molecule has 0 spiro atoms. The van der Waals surface area contributed by atoms with Crippen LogP contribution in [-0.4, -0.2) is 33.7 Å². The number of ether oxygens (including phenoxy) is 1. The zero-order chi connectivity index (χ0) is 22.5. The third-order valence-corrected chi connectivity index (χ3v) is 5.46. The molecule has 1 amide bonds. The molecule has 8 heteroatoms. The Bertz CT molecular complexity index is 1300. The van der Waals surface area contributed by atoms with Crippen LogP contribution in [0.2, 0.25) is 5.02 Å². The highest BCUT2D eigenvalue weighted by Crippen LogP contribution is 2.28. The van der Waals surface area contributed by atoms with Gasteiger partial charge in [-0.1, -0.05) is 54.1 Å². The number of fused-ring (bicyclic) bond motifs is 1. The molecule has 164 valence electrons. The lowest BCUT2D eigenvalue weighted by atomic mass is 10.1. The number of rotatable bonds is 8. The lowest BCUT2D eigenvalue weighted by Crippen LogP contribution is -2.25. The minimum Gasteiger partial charge on any atom is -0.385 e. The Hall–Kier alpha value is -3.42. The lowest BCUT2D eigenvalue weighted by molar-refractivity contribution is -0.116. The summed E-state index contributed by atoms with van der Waals surface area (Å²) in [6.45, 7) is 0.974. The molecule has 2 aromatic carbocycles. The highest BCUT2D eigenvalue weighted by molar-refractivity contribution is 6.33. The Balaban J connectivity index is 1.74. The molecule has 0 fully saturated rings. The molecule has 0 saturated heterocycles. The van der Waals surface area contributed by atoms with Gasteiger partial charge in [0.15, 0.2) is 0 Å². The largest absolute Gasteiger partial charge is 0.385 e. The molecule has 2 aromatic heterocycles. The van der Waals surface area contributed by atoms with Crippen molar-refractivity contribution in [2.45, 2.75) is 19.5 Å². The summed E-state index contributed by atoms with van der Waals surface area (Å²) in [5.41, 5.74) is 3.00. The first-order valence-corrected chi connectivity index (χ1v) is 10.6. The SMILES string of the molecule is COCCCn1cnc2c(-c3ccccc3)cn(CC(=O)Nc3ccccc3Cl)c2c1=O. The molecule has 0 bridgehead atoms. The molecule has 0 unspecified atom stereocenters. The second kappa shape index (κ2) is 9.80. The Morgan fingerprint density at radius 2 is 1.84 bits per heavy atom. The summed E-state index contributed by atoms with van der Waals surface area (Å²) in [5.74, 6) is -0.288. The molecule has 0 saturated carbocycles. The number of hydrogen-bond donors (Lipinski definition) is 1. The summed E-state index contributed by atoms with van der Waals surface area (Å²) >= 11 is 6.16. The highest BCUT2D eigenvalue weighted by atomic mass is 35.5. The average Bonchev–Trinajstić information content (AvgIpc) is 3.16. The topological polar surface area (TPSA) is 78.2 Å². The van der Waals surface area contributed by atoms with Crippen molar-refractivity contribution in [3.63, 3.8) is 0 Å². The first kappa shape index (κ1) is 21.8. The quantitative estimate of drug-likeness (QED) is 0.408. The number of benzene rings is 2. The number of carbonyl (C=O) groups is 1. The molecule has 0 aliphatic carbocycles. The molecule has 7 nitrogen and oxygen atoms in total. The van der Waals surface area contributed by atoms with Crippen LogP contribution in [0.15, 0.2) is 71.9 Å². The fourth-order valence-electron chi connectivity index (χ4n) is 3.62. The molecule has 32 heavy (non-hydrogen) atoms. The lowest BCUT2D eigenvalue weighted by Gasteiger charge is -2.09. The van der Waals surface area contributed by atoms with Crippen molar-refractivity contribution in [3.05, 3.63) is 82.5 Å². The van der Waals surface area contributed by atoms with Crippen molar-refractivity contribution in [3.8, 4) is 11.1 Å². The van der Waals surface area contributed by atoms with Gasteiger partial charge in [0.1, 0.15) is 17.6 Å². The minimum absolute atomic E-state index is 0.0481. The first-order chi connectivity index (χ1) is 15.6. The number of aromatic nitrogens is 3. The summed E-state index contributed by atoms with van der Waals surface area (Å²) < 4.78 is 8.30. The van der Waals surface area contributed by atoms with Crippen LogP contribution in [0.4, 0.5) is 5.69 Å². The van der Waals surface area contributed by atoms with Gasteiger partial charge in [0.2, 0.25) is 5.91 Å². The number of hydrogen-bond acceptors (Lipinski definition) is 4. The van der Waals surface area contributed by atoms with E-state index < -0.39 is 0 Å². The minimum atomic E-state index is -0.288. The zero-order valence-corrected chi connectivity index (χ0v) is 18.4. The van der Waals surface area contributed by atoms with E-state index >= 15 is 0 Å². The molecule has 2 heterocycles. The van der Waals surface area contributed by atoms with Crippen molar-refractivity contribution in [2.24, 2.45) is 0 Å². The van der Waals surface area contributed by atoms with Crippen LogP contribution in [0.1, 0.15) is 6.42 Å². The van der Waals surface area contributed by atoms with Crippen molar-refractivity contribution in [1.29, 1.82) is 0 Å². The van der Waals surface area contributed by atoms with Gasteiger partial charge >= 0.3 is 0 Å². The van der Waals surface area contributed by atoms with Gasteiger partial charge in [0.25, 0.3) is 5.56 Å². The second-order valence-corrected chi connectivity index (χ2v) is 7.76. The molecule has 0 radical (unpaired) electrons. The molecular formula is C24H23ClN4O3. The number of para-hydroxylation sites is 1. The number of nitrogens with one attached hydrogen (secondary N) is 1. The smallest absolute Gasteiger partial charge is 0.277 e. The van der Waals surface area contributed by atoms with Gasteiger partial charge in [-0.05, 0) is 24.1 Å². The maximum atomic E-state index is 13.3. The Morgan fingerprint density at radius 3 is 2.59 bits per heavy atom. The van der Waals surface area contributed by atoms with Crippen LogP contribution in [0.5, 0.6) is 0 Å². The van der Waals surface area contributed by atoms with Gasteiger partial charge in [-0.25, -0.2) is 4.98 Å². The summed E-state index contributed by atoms with van der Waals surface area (Å²) in [5, 5.41) is 3.26. The normalized spacial score (nSPS) is 11.1. The number of carbonyl (C=O) groups excluding carboxylic acids is 1. The maximum absolute atomic E-state index is 13.3. The molecule has 0 atom stereocenters. The predicted octanol–water partition coefficient (Wildman–Crippen LogP) is 4.19. The number of nitrogens with zero attached hydrogens (tertiary/aromatic N) is 3. The Labute approximate surface area is 190 Å². The third kappa shape index (κ3) is 4.59. The van der Waals surface area contributed by atoms with Crippen molar-refractivity contribution in [2.75, 3.05) is 19.0 Å². The number of aryl methyl sites for hydroxylation is 1. The first-order valence-electron chi connectivity index (χ1n) is 10.3. The molecule has 0 aliphatic rings. The van der Waals surface area contributed by atoms with Gasteiger partial charge in [-0.3, -0.25) is 14.2 Å². The summed E-state index contributed by atoms with van der Waals surface area (Å²) in [7, 11) is 1.62. The number of methoxy groups -OCH3 is 1. The fraction of sp³-hybridized carbons (Fsp3) is 0.208.